The molecule has 0 saturated heterocycles. The highest BCUT2D eigenvalue weighted by molar-refractivity contribution is 5.90. The summed E-state index contributed by atoms with van der Waals surface area (Å²) in [7, 11) is 0. The Morgan fingerprint density at radius 3 is 2.50 bits per heavy atom. The molecule has 5 heteroatoms. The average Bonchev–Trinajstić information content (AvgIpc) is 3.12. The van der Waals surface area contributed by atoms with E-state index in [1.54, 1.807) is 12.3 Å². The van der Waals surface area contributed by atoms with Gasteiger partial charge in [-0.3, -0.25) is 20.4 Å². The molecule has 0 fully saturated rings. The Morgan fingerprint density at radius 1 is 0.875 bits per heavy atom. The lowest BCUT2D eigenvalue weighted by Crippen LogP contribution is -2.42. The van der Waals surface area contributed by atoms with E-state index < -0.39 is 0 Å². The van der Waals surface area contributed by atoms with E-state index >= 15 is 0 Å². The second kappa shape index (κ2) is 7.46. The summed E-state index contributed by atoms with van der Waals surface area (Å²) in [6, 6.07) is 17.3. The number of carbonyl (C=O) groups excluding carboxylic acids is 2. The zero-order valence-electron chi connectivity index (χ0n) is 13.1. The van der Waals surface area contributed by atoms with Crippen LogP contribution in [0.5, 0.6) is 0 Å². The van der Waals surface area contributed by atoms with Crippen LogP contribution in [0.3, 0.4) is 0 Å². The topological polar surface area (TPSA) is 71.3 Å². The van der Waals surface area contributed by atoms with Crippen molar-refractivity contribution in [1.29, 1.82) is 0 Å². The van der Waals surface area contributed by atoms with Crippen LogP contribution in [0.15, 0.2) is 65.3 Å². The first-order valence-corrected chi connectivity index (χ1v) is 7.79. The smallest absolute Gasteiger partial charge is 0.242 e. The molecule has 24 heavy (non-hydrogen) atoms. The Kier molecular flexibility index (Phi) is 4.91. The molecule has 2 amide bonds. The van der Waals surface area contributed by atoms with E-state index in [2.05, 4.69) is 10.9 Å². The molecular formula is C19H18N2O3. The molecule has 5 nitrogen and oxygen atoms in total. The summed E-state index contributed by atoms with van der Waals surface area (Å²) in [5, 5.41) is 2.13. The lowest BCUT2D eigenvalue weighted by atomic mass is 10.0. The van der Waals surface area contributed by atoms with Crippen LogP contribution in [0.2, 0.25) is 0 Å². The van der Waals surface area contributed by atoms with Crippen molar-refractivity contribution >= 4 is 22.6 Å². The van der Waals surface area contributed by atoms with Gasteiger partial charge in [-0.25, -0.2) is 0 Å². The summed E-state index contributed by atoms with van der Waals surface area (Å²) in [6.45, 7) is 0. The largest absolute Gasteiger partial charge is 0.469 e. The molecule has 0 aliphatic rings. The van der Waals surface area contributed by atoms with Gasteiger partial charge in [0.05, 0.1) is 12.7 Å². The van der Waals surface area contributed by atoms with Crippen molar-refractivity contribution in [2.24, 2.45) is 0 Å². The molecule has 0 aliphatic heterocycles. The van der Waals surface area contributed by atoms with Gasteiger partial charge in [0.1, 0.15) is 5.76 Å². The van der Waals surface area contributed by atoms with Gasteiger partial charge in [-0.05, 0) is 28.5 Å². The Labute approximate surface area is 139 Å². The molecule has 1 heterocycles. The molecule has 3 rings (SSSR count). The Hall–Kier alpha value is -3.08. The third-order valence-corrected chi connectivity index (χ3v) is 3.75. The summed E-state index contributed by atoms with van der Waals surface area (Å²) in [6.07, 6.45) is 2.53. The molecule has 0 bridgehead atoms. The summed E-state index contributed by atoms with van der Waals surface area (Å²) >= 11 is 0. The number of carbonyl (C=O) groups is 2. The minimum absolute atomic E-state index is 0.208. The van der Waals surface area contributed by atoms with Crippen LogP contribution in [0.4, 0.5) is 0 Å². The highest BCUT2D eigenvalue weighted by atomic mass is 16.3. The summed E-state index contributed by atoms with van der Waals surface area (Å²) in [5.41, 5.74) is 5.82. The highest BCUT2D eigenvalue weighted by Crippen LogP contribution is 2.18. The van der Waals surface area contributed by atoms with Crippen molar-refractivity contribution in [2.75, 3.05) is 0 Å². The van der Waals surface area contributed by atoms with Crippen molar-refractivity contribution in [2.45, 2.75) is 19.3 Å². The SMILES string of the molecule is O=C(CCc1ccco1)NNC(=O)Cc1cccc2ccccc12. The highest BCUT2D eigenvalue weighted by Gasteiger charge is 2.09. The first-order valence-electron chi connectivity index (χ1n) is 7.79. The minimum atomic E-state index is -0.252. The average molecular weight is 322 g/mol. The van der Waals surface area contributed by atoms with E-state index in [0.717, 1.165) is 22.1 Å². The van der Waals surface area contributed by atoms with E-state index in [-0.39, 0.29) is 24.7 Å². The fraction of sp³-hybridized carbons (Fsp3) is 0.158. The number of hydrogen-bond donors (Lipinski definition) is 2. The van der Waals surface area contributed by atoms with Gasteiger partial charge in [0.25, 0.3) is 0 Å². The van der Waals surface area contributed by atoms with Crippen molar-refractivity contribution in [3.8, 4) is 0 Å². The van der Waals surface area contributed by atoms with Gasteiger partial charge in [-0.2, -0.15) is 0 Å². The molecule has 3 aromatic rings. The van der Waals surface area contributed by atoms with Crippen molar-refractivity contribution in [3.63, 3.8) is 0 Å². The predicted molar refractivity (Wildman–Crippen MR) is 91.0 cm³/mol. The summed E-state index contributed by atoms with van der Waals surface area (Å²) in [4.78, 5) is 23.8. The number of aryl methyl sites for hydroxylation is 1. The number of fused-ring (bicyclic) bond motifs is 1. The van der Waals surface area contributed by atoms with E-state index in [1.807, 2.05) is 48.5 Å². The number of amides is 2. The number of hydrogen-bond acceptors (Lipinski definition) is 3. The fourth-order valence-corrected chi connectivity index (χ4v) is 2.56. The molecule has 0 atom stereocenters. The maximum atomic E-state index is 12.0. The molecule has 2 aromatic carbocycles. The maximum Gasteiger partial charge on any atom is 0.242 e. The van der Waals surface area contributed by atoms with E-state index in [4.69, 9.17) is 4.42 Å². The molecule has 0 radical (unpaired) electrons. The van der Waals surface area contributed by atoms with Gasteiger partial charge in [-0.15, -0.1) is 0 Å². The van der Waals surface area contributed by atoms with Gasteiger partial charge >= 0.3 is 0 Å². The maximum absolute atomic E-state index is 12.0. The monoisotopic (exact) mass is 322 g/mol. The molecule has 1 aromatic heterocycles. The lowest BCUT2D eigenvalue weighted by Gasteiger charge is -2.09. The quantitative estimate of drug-likeness (QED) is 0.710. The van der Waals surface area contributed by atoms with E-state index in [1.165, 1.54) is 0 Å². The zero-order chi connectivity index (χ0) is 16.8. The Bertz CT molecular complexity index is 835. The number of nitrogens with one attached hydrogen (secondary N) is 2. The normalized spacial score (nSPS) is 10.5. The van der Waals surface area contributed by atoms with Crippen LogP contribution in [-0.2, 0) is 22.4 Å². The molecule has 0 aliphatic carbocycles. The van der Waals surface area contributed by atoms with Crippen LogP contribution < -0.4 is 10.9 Å². The molecule has 0 saturated carbocycles. The van der Waals surface area contributed by atoms with Gasteiger partial charge < -0.3 is 4.42 Å². The number of furan rings is 1. The van der Waals surface area contributed by atoms with Crippen molar-refractivity contribution < 1.29 is 14.0 Å². The fourth-order valence-electron chi connectivity index (χ4n) is 2.56. The van der Waals surface area contributed by atoms with Gasteiger partial charge in [-0.1, -0.05) is 42.5 Å². The number of hydrazine groups is 1. The molecular weight excluding hydrogens is 304 g/mol. The van der Waals surface area contributed by atoms with Crippen molar-refractivity contribution in [1.82, 2.24) is 10.9 Å². The summed E-state index contributed by atoms with van der Waals surface area (Å²) < 4.78 is 5.16. The van der Waals surface area contributed by atoms with Crippen molar-refractivity contribution in [3.05, 3.63) is 72.2 Å². The molecule has 0 spiro atoms. The van der Waals surface area contributed by atoms with Crippen LogP contribution >= 0.6 is 0 Å². The van der Waals surface area contributed by atoms with Crippen LogP contribution in [0, 0.1) is 0 Å². The van der Waals surface area contributed by atoms with Crippen LogP contribution in [-0.4, -0.2) is 11.8 Å². The third-order valence-electron chi connectivity index (χ3n) is 3.75. The standard InChI is InChI=1S/C19H18N2O3/c22-18(11-10-16-8-4-12-24-16)20-21-19(23)13-15-7-3-6-14-5-1-2-9-17(14)15/h1-9,12H,10-11,13H2,(H,20,22)(H,21,23). The predicted octanol–water partition coefficient (Wildman–Crippen LogP) is 2.76. The van der Waals surface area contributed by atoms with E-state index in [9.17, 15) is 9.59 Å². The minimum Gasteiger partial charge on any atom is -0.469 e. The molecule has 0 unspecified atom stereocenters. The second-order valence-corrected chi connectivity index (χ2v) is 5.49. The molecule has 2 N–H and O–H groups in total. The van der Waals surface area contributed by atoms with Gasteiger partial charge in [0, 0.05) is 12.8 Å². The number of benzene rings is 2. The van der Waals surface area contributed by atoms with Gasteiger partial charge in [0.2, 0.25) is 11.8 Å². The Balaban J connectivity index is 1.51. The Morgan fingerprint density at radius 2 is 1.67 bits per heavy atom. The lowest BCUT2D eigenvalue weighted by molar-refractivity contribution is -0.128. The number of rotatable bonds is 5. The summed E-state index contributed by atoms with van der Waals surface area (Å²) in [5.74, 6) is 0.239. The molecule has 122 valence electrons. The first kappa shape index (κ1) is 15.8. The zero-order valence-corrected chi connectivity index (χ0v) is 13.1. The van der Waals surface area contributed by atoms with Crippen LogP contribution in [0.1, 0.15) is 17.7 Å². The second-order valence-electron chi connectivity index (χ2n) is 5.49. The van der Waals surface area contributed by atoms with E-state index in [0.29, 0.717) is 6.42 Å². The van der Waals surface area contributed by atoms with Gasteiger partial charge in [0.15, 0.2) is 0 Å². The first-order chi connectivity index (χ1) is 11.7. The third kappa shape index (κ3) is 4.01. The van der Waals surface area contributed by atoms with Crippen LogP contribution in [0.25, 0.3) is 10.8 Å².